The highest BCUT2D eigenvalue weighted by Crippen LogP contribution is 2.38. The number of aryl methyl sites for hydroxylation is 2. The van der Waals surface area contributed by atoms with E-state index < -0.39 is 0 Å². The SMILES string of the molecule is Cn1cc(Cl)c(-c2nc3sc(-c4nn(C)cc4Cl)nc3s2)n1. The van der Waals surface area contributed by atoms with Gasteiger partial charge in [-0.25, -0.2) is 9.97 Å². The van der Waals surface area contributed by atoms with Crippen molar-refractivity contribution in [2.75, 3.05) is 0 Å². The molecule has 0 amide bonds. The van der Waals surface area contributed by atoms with Crippen molar-refractivity contribution in [2.24, 2.45) is 14.1 Å². The molecule has 0 fully saturated rings. The van der Waals surface area contributed by atoms with Crippen molar-refractivity contribution in [1.29, 1.82) is 0 Å². The summed E-state index contributed by atoms with van der Waals surface area (Å²) in [6.45, 7) is 0. The molecule has 0 aromatic carbocycles. The van der Waals surface area contributed by atoms with Crippen LogP contribution in [0.3, 0.4) is 0 Å². The summed E-state index contributed by atoms with van der Waals surface area (Å²) >= 11 is 15.2. The fourth-order valence-electron chi connectivity index (χ4n) is 2.05. The molecule has 22 heavy (non-hydrogen) atoms. The van der Waals surface area contributed by atoms with E-state index in [1.807, 2.05) is 14.1 Å². The third kappa shape index (κ3) is 2.23. The fraction of sp³-hybridized carbons (Fsp3) is 0.167. The number of fused-ring (bicyclic) bond motifs is 1. The van der Waals surface area contributed by atoms with Crippen LogP contribution in [0.4, 0.5) is 0 Å². The second kappa shape index (κ2) is 5.02. The highest BCUT2D eigenvalue weighted by atomic mass is 35.5. The van der Waals surface area contributed by atoms with E-state index in [1.54, 1.807) is 21.8 Å². The van der Waals surface area contributed by atoms with Gasteiger partial charge in [0.05, 0.1) is 10.0 Å². The molecule has 4 aromatic rings. The molecule has 0 spiro atoms. The van der Waals surface area contributed by atoms with Gasteiger partial charge in [-0.1, -0.05) is 45.9 Å². The lowest BCUT2D eigenvalue weighted by Crippen LogP contribution is -1.87. The smallest absolute Gasteiger partial charge is 0.156 e. The van der Waals surface area contributed by atoms with Crippen LogP contribution in [0.2, 0.25) is 10.0 Å². The first-order chi connectivity index (χ1) is 10.5. The molecule has 0 aliphatic heterocycles. The van der Waals surface area contributed by atoms with Gasteiger partial charge in [-0.2, -0.15) is 10.2 Å². The van der Waals surface area contributed by atoms with E-state index in [0.29, 0.717) is 21.4 Å². The number of rotatable bonds is 2. The van der Waals surface area contributed by atoms with Crippen molar-refractivity contribution in [3.8, 4) is 21.4 Å². The van der Waals surface area contributed by atoms with Crippen LogP contribution in [0.15, 0.2) is 12.4 Å². The molecule has 0 aliphatic carbocycles. The van der Waals surface area contributed by atoms with Crippen LogP contribution in [0.25, 0.3) is 31.1 Å². The fourth-order valence-corrected chi connectivity index (χ4v) is 4.74. The van der Waals surface area contributed by atoms with E-state index in [2.05, 4.69) is 20.2 Å². The second-order valence-electron chi connectivity index (χ2n) is 4.65. The quantitative estimate of drug-likeness (QED) is 0.537. The molecule has 112 valence electrons. The predicted molar refractivity (Wildman–Crippen MR) is 89.7 cm³/mol. The molecule has 4 rings (SSSR count). The minimum absolute atomic E-state index is 0.580. The first-order valence-electron chi connectivity index (χ1n) is 6.17. The zero-order chi connectivity index (χ0) is 15.4. The molecule has 4 aromatic heterocycles. The highest BCUT2D eigenvalue weighted by Gasteiger charge is 2.19. The van der Waals surface area contributed by atoms with Gasteiger partial charge in [0.2, 0.25) is 0 Å². The van der Waals surface area contributed by atoms with Gasteiger partial charge in [0, 0.05) is 26.5 Å². The van der Waals surface area contributed by atoms with E-state index in [0.717, 1.165) is 19.7 Å². The molecule has 0 radical (unpaired) electrons. The van der Waals surface area contributed by atoms with E-state index in [9.17, 15) is 0 Å². The van der Waals surface area contributed by atoms with Crippen LogP contribution in [0.5, 0.6) is 0 Å². The maximum Gasteiger partial charge on any atom is 0.156 e. The van der Waals surface area contributed by atoms with E-state index in [-0.39, 0.29) is 0 Å². The number of aromatic nitrogens is 6. The zero-order valence-electron chi connectivity index (χ0n) is 11.4. The van der Waals surface area contributed by atoms with Gasteiger partial charge in [-0.05, 0) is 0 Å². The first kappa shape index (κ1) is 14.1. The third-order valence-corrected chi connectivity index (χ3v) is 5.54. The summed E-state index contributed by atoms with van der Waals surface area (Å²) in [5.74, 6) is 0. The minimum Gasteiger partial charge on any atom is -0.274 e. The second-order valence-corrected chi connectivity index (χ2v) is 7.42. The summed E-state index contributed by atoms with van der Waals surface area (Å²) in [6.07, 6.45) is 3.50. The molecular formula is C12H8Cl2N6S2. The topological polar surface area (TPSA) is 61.4 Å². The normalized spacial score (nSPS) is 11.6. The lowest BCUT2D eigenvalue weighted by Gasteiger charge is -1.90. The maximum absolute atomic E-state index is 6.16. The molecule has 0 unspecified atom stereocenters. The average molecular weight is 371 g/mol. The molecule has 0 N–H and O–H groups in total. The van der Waals surface area contributed by atoms with Crippen molar-refractivity contribution < 1.29 is 0 Å². The lowest BCUT2D eigenvalue weighted by molar-refractivity contribution is 0.771. The molecule has 0 saturated carbocycles. The van der Waals surface area contributed by atoms with E-state index in [4.69, 9.17) is 23.2 Å². The summed E-state index contributed by atoms with van der Waals surface area (Å²) < 4.78 is 3.33. The Hall–Kier alpha value is -1.48. The average Bonchev–Trinajstić information content (AvgIpc) is 3.12. The monoisotopic (exact) mass is 370 g/mol. The Kier molecular flexibility index (Phi) is 3.23. The van der Waals surface area contributed by atoms with Gasteiger partial charge >= 0.3 is 0 Å². The van der Waals surface area contributed by atoms with E-state index in [1.165, 1.54) is 22.7 Å². The van der Waals surface area contributed by atoms with Gasteiger partial charge in [-0.15, -0.1) is 0 Å². The summed E-state index contributed by atoms with van der Waals surface area (Å²) in [4.78, 5) is 10.8. The van der Waals surface area contributed by atoms with Crippen LogP contribution < -0.4 is 0 Å². The number of thiazole rings is 2. The van der Waals surface area contributed by atoms with Gasteiger partial charge in [-0.3, -0.25) is 9.36 Å². The summed E-state index contributed by atoms with van der Waals surface area (Å²) in [5.41, 5.74) is 1.36. The highest BCUT2D eigenvalue weighted by molar-refractivity contribution is 7.29. The molecule has 6 nitrogen and oxygen atoms in total. The van der Waals surface area contributed by atoms with E-state index >= 15 is 0 Å². The Morgan fingerprint density at radius 2 is 1.23 bits per heavy atom. The summed E-state index contributed by atoms with van der Waals surface area (Å²) in [6, 6.07) is 0. The van der Waals surface area contributed by atoms with Crippen LogP contribution in [-0.4, -0.2) is 29.5 Å². The number of halogens is 2. The maximum atomic E-state index is 6.16. The van der Waals surface area contributed by atoms with Gasteiger partial charge in [0.1, 0.15) is 21.4 Å². The first-order valence-corrected chi connectivity index (χ1v) is 8.56. The third-order valence-electron chi connectivity index (χ3n) is 2.95. The van der Waals surface area contributed by atoms with Crippen LogP contribution in [-0.2, 0) is 14.1 Å². The Morgan fingerprint density at radius 3 is 1.55 bits per heavy atom. The standard InChI is InChI=1S/C12H8Cl2N6S2/c1-19-3-5(13)7(17-19)9-15-11-12(21-9)16-10(22-11)8-6(14)4-20(2)18-8/h3-4H,1-2H3. The van der Waals surface area contributed by atoms with Gasteiger partial charge in [0.15, 0.2) is 9.66 Å². The van der Waals surface area contributed by atoms with Gasteiger partial charge < -0.3 is 0 Å². The largest absolute Gasteiger partial charge is 0.274 e. The number of hydrogen-bond acceptors (Lipinski definition) is 6. The molecule has 10 heteroatoms. The van der Waals surface area contributed by atoms with Gasteiger partial charge in [0.25, 0.3) is 0 Å². The predicted octanol–water partition coefficient (Wildman–Crippen LogP) is 3.86. The van der Waals surface area contributed by atoms with Crippen molar-refractivity contribution in [2.45, 2.75) is 0 Å². The zero-order valence-corrected chi connectivity index (χ0v) is 14.6. The Balaban J connectivity index is 1.80. The van der Waals surface area contributed by atoms with Crippen molar-refractivity contribution in [3.63, 3.8) is 0 Å². The van der Waals surface area contributed by atoms with Crippen LogP contribution >= 0.6 is 45.9 Å². The number of nitrogens with zero attached hydrogens (tertiary/aromatic N) is 6. The summed E-state index contributed by atoms with van der Waals surface area (Å²) in [7, 11) is 3.65. The molecule has 0 bridgehead atoms. The van der Waals surface area contributed by atoms with Crippen molar-refractivity contribution in [3.05, 3.63) is 22.4 Å². The van der Waals surface area contributed by atoms with Crippen LogP contribution in [0, 0.1) is 0 Å². The molecule has 4 heterocycles. The minimum atomic E-state index is 0.580. The number of hydrogen-bond donors (Lipinski definition) is 0. The van der Waals surface area contributed by atoms with Crippen molar-refractivity contribution in [1.82, 2.24) is 29.5 Å². The van der Waals surface area contributed by atoms with Crippen molar-refractivity contribution >= 4 is 55.5 Å². The Bertz CT molecular complexity index is 888. The molecule has 0 saturated heterocycles. The Labute approximate surface area is 142 Å². The molecule has 0 aliphatic rings. The van der Waals surface area contributed by atoms with Crippen LogP contribution in [0.1, 0.15) is 0 Å². The molecule has 0 atom stereocenters. The summed E-state index contributed by atoms with van der Waals surface area (Å²) in [5, 5.41) is 11.3. The molecular weight excluding hydrogens is 363 g/mol. The lowest BCUT2D eigenvalue weighted by atomic mass is 10.4. The Morgan fingerprint density at radius 1 is 0.818 bits per heavy atom.